The number of carbonyl (C=O) groups is 1. The Balaban J connectivity index is 1.46. The minimum absolute atomic E-state index is 0.0238. The fourth-order valence-electron chi connectivity index (χ4n) is 4.87. The summed E-state index contributed by atoms with van der Waals surface area (Å²) in [4.78, 5) is 22.9. The van der Waals surface area contributed by atoms with Gasteiger partial charge >= 0.3 is 0 Å². The zero-order chi connectivity index (χ0) is 23.8. The van der Waals surface area contributed by atoms with Crippen LogP contribution in [0.2, 0.25) is 5.02 Å². The predicted octanol–water partition coefficient (Wildman–Crippen LogP) is 4.16. The largest absolute Gasteiger partial charge is 0.353 e. The molecule has 1 amide bonds. The molecule has 2 fully saturated rings. The Labute approximate surface area is 209 Å². The van der Waals surface area contributed by atoms with E-state index in [-0.39, 0.29) is 11.9 Å². The number of aromatic nitrogens is 3. The molecular formula is C24H30ClN7OS. The van der Waals surface area contributed by atoms with Crippen molar-refractivity contribution in [2.24, 2.45) is 0 Å². The van der Waals surface area contributed by atoms with Crippen LogP contribution < -0.4 is 14.9 Å². The molecule has 180 valence electrons. The average molecular weight is 500 g/mol. The van der Waals surface area contributed by atoms with Gasteiger partial charge in [-0.1, -0.05) is 23.5 Å². The number of aryl methyl sites for hydroxylation is 1. The van der Waals surface area contributed by atoms with Crippen molar-refractivity contribution in [1.82, 2.24) is 24.8 Å². The second kappa shape index (κ2) is 9.64. The number of amides is 1. The van der Waals surface area contributed by atoms with Crippen LogP contribution >= 0.6 is 23.5 Å². The van der Waals surface area contributed by atoms with Crippen molar-refractivity contribution in [3.05, 3.63) is 52.3 Å². The molecule has 1 unspecified atom stereocenters. The lowest BCUT2D eigenvalue weighted by atomic mass is 9.98. The Hall–Kier alpha value is -2.49. The molecule has 4 heterocycles. The summed E-state index contributed by atoms with van der Waals surface area (Å²) >= 11 is 7.72. The minimum Gasteiger partial charge on any atom is -0.353 e. The number of likely N-dealkylation sites (tertiary alicyclic amines) is 1. The maximum absolute atomic E-state index is 13.7. The van der Waals surface area contributed by atoms with Gasteiger partial charge in [0, 0.05) is 54.8 Å². The number of anilines is 2. The molecule has 2 aliphatic rings. The number of piperidine rings is 1. The van der Waals surface area contributed by atoms with Crippen molar-refractivity contribution in [1.29, 1.82) is 0 Å². The van der Waals surface area contributed by atoms with Gasteiger partial charge in [0.1, 0.15) is 5.82 Å². The first-order valence-electron chi connectivity index (χ1n) is 11.7. The quantitative estimate of drug-likeness (QED) is 0.493. The van der Waals surface area contributed by atoms with Crippen molar-refractivity contribution >= 4 is 46.6 Å². The van der Waals surface area contributed by atoms with Gasteiger partial charge in [0.15, 0.2) is 5.65 Å². The lowest BCUT2D eigenvalue weighted by Crippen LogP contribution is -2.57. The van der Waals surface area contributed by atoms with Crippen molar-refractivity contribution in [2.75, 3.05) is 42.6 Å². The van der Waals surface area contributed by atoms with Gasteiger partial charge in [-0.15, -0.1) is 0 Å². The number of nitrogens with one attached hydrogen (secondary N) is 2. The predicted molar refractivity (Wildman–Crippen MR) is 139 cm³/mol. The van der Waals surface area contributed by atoms with Gasteiger partial charge in [-0.25, -0.2) is 9.50 Å². The third-order valence-electron chi connectivity index (χ3n) is 6.74. The molecule has 0 aliphatic carbocycles. The van der Waals surface area contributed by atoms with E-state index in [9.17, 15) is 4.79 Å². The lowest BCUT2D eigenvalue weighted by molar-refractivity contribution is 0.0607. The molecule has 3 aromatic rings. The van der Waals surface area contributed by atoms with Gasteiger partial charge in [-0.05, 0) is 51.4 Å². The summed E-state index contributed by atoms with van der Waals surface area (Å²) in [5, 5.41) is 8.72. The van der Waals surface area contributed by atoms with E-state index in [2.05, 4.69) is 21.9 Å². The number of carbonyl (C=O) groups excluding carboxylic acids is 1. The summed E-state index contributed by atoms with van der Waals surface area (Å²) in [5.41, 5.74) is 4.16. The van der Waals surface area contributed by atoms with Gasteiger partial charge < -0.3 is 19.8 Å². The van der Waals surface area contributed by atoms with Crippen LogP contribution in [0.1, 0.15) is 46.9 Å². The summed E-state index contributed by atoms with van der Waals surface area (Å²) < 4.78 is 5.06. The molecule has 2 saturated heterocycles. The Kier molecular flexibility index (Phi) is 6.59. The van der Waals surface area contributed by atoms with Gasteiger partial charge in [-0.2, -0.15) is 5.10 Å². The van der Waals surface area contributed by atoms with Crippen LogP contribution in [-0.2, 0) is 0 Å². The van der Waals surface area contributed by atoms with E-state index in [4.69, 9.17) is 21.7 Å². The molecule has 1 atom stereocenters. The van der Waals surface area contributed by atoms with E-state index in [1.165, 1.54) is 11.9 Å². The highest BCUT2D eigenvalue weighted by Gasteiger charge is 2.32. The van der Waals surface area contributed by atoms with Crippen LogP contribution in [0.4, 0.5) is 11.5 Å². The Morgan fingerprint density at radius 2 is 2.06 bits per heavy atom. The first kappa shape index (κ1) is 23.3. The number of nitrogens with zero attached hydrogens (tertiary/aromatic N) is 5. The van der Waals surface area contributed by atoms with E-state index in [0.29, 0.717) is 23.2 Å². The summed E-state index contributed by atoms with van der Waals surface area (Å²) in [7, 11) is 2.00. The number of halogens is 1. The van der Waals surface area contributed by atoms with Crippen LogP contribution in [0.5, 0.6) is 0 Å². The number of hydrogen-bond acceptors (Lipinski definition) is 7. The maximum atomic E-state index is 13.7. The van der Waals surface area contributed by atoms with Gasteiger partial charge in [0.05, 0.1) is 23.0 Å². The molecule has 2 aliphatic heterocycles. The van der Waals surface area contributed by atoms with Crippen molar-refractivity contribution in [3.8, 4) is 0 Å². The minimum atomic E-state index is -0.0921. The summed E-state index contributed by atoms with van der Waals surface area (Å²) in [5.74, 6) is 0.984. The van der Waals surface area contributed by atoms with Crippen molar-refractivity contribution in [3.63, 3.8) is 0 Å². The third-order valence-corrected chi connectivity index (χ3v) is 7.40. The Bertz CT molecular complexity index is 1210. The topological polar surface area (TPSA) is 77.8 Å². The number of benzene rings is 1. The fourth-order valence-corrected chi connectivity index (χ4v) is 5.44. The third kappa shape index (κ3) is 4.32. The summed E-state index contributed by atoms with van der Waals surface area (Å²) in [6.45, 7) is 4.68. The average Bonchev–Trinajstić information content (AvgIpc) is 3.22. The lowest BCUT2D eigenvalue weighted by Gasteiger charge is -2.40. The molecule has 2 N–H and O–H groups in total. The second-order valence-corrected chi connectivity index (χ2v) is 10.1. The smallest absolute Gasteiger partial charge is 0.256 e. The van der Waals surface area contributed by atoms with Crippen LogP contribution in [-0.4, -0.2) is 64.4 Å². The van der Waals surface area contributed by atoms with Crippen molar-refractivity contribution < 1.29 is 4.79 Å². The number of rotatable bonds is 6. The fraction of sp³-hybridized carbons (Fsp3) is 0.458. The molecule has 8 nitrogen and oxygen atoms in total. The molecule has 1 aromatic carbocycles. The first-order valence-corrected chi connectivity index (χ1v) is 13.3. The number of fused-ring (bicyclic) bond motifs is 1. The van der Waals surface area contributed by atoms with Crippen LogP contribution in [0.25, 0.3) is 5.65 Å². The number of likely N-dealkylation sites (N-methyl/N-ethyl adjacent to an activating group) is 1. The highest BCUT2D eigenvalue weighted by molar-refractivity contribution is 7.99. The standard InChI is InChI=1S/C24H30ClN7OS/c1-15-12-32-22(27-23(15)30-13-17(14-30)26-2)11-20(28-32)21-6-4-5-9-31(21)24(33)18-10-16(25)7-8-19(18)29-34-3/h7-8,10-12,17,21,26,29H,4-6,9,13-14H2,1-3H3. The zero-order valence-electron chi connectivity index (χ0n) is 19.7. The van der Waals surface area contributed by atoms with E-state index in [0.717, 1.165) is 60.8 Å². The molecular weight excluding hydrogens is 470 g/mol. The normalized spacial score (nSPS) is 18.9. The maximum Gasteiger partial charge on any atom is 0.256 e. The van der Waals surface area contributed by atoms with Crippen LogP contribution in [0.3, 0.4) is 0 Å². The van der Waals surface area contributed by atoms with Crippen LogP contribution in [0.15, 0.2) is 30.5 Å². The van der Waals surface area contributed by atoms with Crippen LogP contribution in [0, 0.1) is 6.92 Å². The monoisotopic (exact) mass is 499 g/mol. The zero-order valence-corrected chi connectivity index (χ0v) is 21.3. The van der Waals surface area contributed by atoms with Gasteiger partial charge in [0.25, 0.3) is 5.91 Å². The molecule has 34 heavy (non-hydrogen) atoms. The molecule has 10 heteroatoms. The molecule has 5 rings (SSSR count). The molecule has 0 radical (unpaired) electrons. The SMILES string of the molecule is CNC1CN(c2nc3cc(C4CCCCN4C(=O)c4cc(Cl)ccc4NSC)nn3cc2C)C1. The number of hydrogen-bond donors (Lipinski definition) is 2. The van der Waals surface area contributed by atoms with Crippen molar-refractivity contribution in [2.45, 2.75) is 38.3 Å². The van der Waals surface area contributed by atoms with E-state index < -0.39 is 0 Å². The van der Waals surface area contributed by atoms with E-state index in [1.807, 2.05) is 41.0 Å². The summed E-state index contributed by atoms with van der Waals surface area (Å²) in [6, 6.07) is 7.86. The van der Waals surface area contributed by atoms with Gasteiger partial charge in [-0.3, -0.25) is 4.79 Å². The summed E-state index contributed by atoms with van der Waals surface area (Å²) in [6.07, 6.45) is 6.89. The Morgan fingerprint density at radius 3 is 2.82 bits per heavy atom. The second-order valence-electron chi connectivity index (χ2n) is 9.02. The first-order chi connectivity index (χ1) is 16.5. The molecule has 2 aromatic heterocycles. The highest BCUT2D eigenvalue weighted by atomic mass is 35.5. The Morgan fingerprint density at radius 1 is 1.24 bits per heavy atom. The van der Waals surface area contributed by atoms with E-state index in [1.54, 1.807) is 12.1 Å². The highest BCUT2D eigenvalue weighted by Crippen LogP contribution is 2.34. The molecule has 0 saturated carbocycles. The van der Waals surface area contributed by atoms with E-state index >= 15 is 0 Å². The molecule has 0 spiro atoms. The van der Waals surface area contributed by atoms with Gasteiger partial charge in [0.2, 0.25) is 0 Å². The molecule has 0 bridgehead atoms.